The summed E-state index contributed by atoms with van der Waals surface area (Å²) in [4.78, 5) is 33.6. The fourth-order valence-corrected chi connectivity index (χ4v) is 5.71. The molecular formula is C28H23Cl2N3O3S. The van der Waals surface area contributed by atoms with Crippen LogP contribution in [0, 0.1) is 0 Å². The zero-order chi connectivity index (χ0) is 26.4. The van der Waals surface area contributed by atoms with Crippen LogP contribution in [-0.4, -0.2) is 24.4 Å². The van der Waals surface area contributed by atoms with Crippen LogP contribution < -0.4 is 19.8 Å². The van der Waals surface area contributed by atoms with Gasteiger partial charge in [0.15, 0.2) is 10.6 Å². The predicted molar refractivity (Wildman–Crippen MR) is 149 cm³/mol. The number of ketones is 1. The van der Waals surface area contributed by atoms with E-state index in [1.807, 2.05) is 49.3 Å². The number of hydrogen-bond donors (Lipinski definition) is 0. The second-order valence-electron chi connectivity index (χ2n) is 8.95. The van der Waals surface area contributed by atoms with Crippen molar-refractivity contribution in [3.63, 3.8) is 0 Å². The Kier molecular flexibility index (Phi) is 6.70. The molecule has 0 saturated heterocycles. The van der Waals surface area contributed by atoms with Gasteiger partial charge in [0.05, 0.1) is 14.6 Å². The number of Topliss-reactive ketones (excluding diaryl/α,β-unsaturated/α-hetero) is 1. The number of carbonyl (C=O) groups excluding carboxylic acids is 1. The molecule has 0 aliphatic carbocycles. The van der Waals surface area contributed by atoms with Crippen molar-refractivity contribution in [2.45, 2.75) is 19.9 Å². The molecule has 0 spiro atoms. The molecule has 0 N–H and O–H groups in total. The van der Waals surface area contributed by atoms with Crippen LogP contribution in [-0.2, 0) is 4.79 Å². The first-order valence-corrected chi connectivity index (χ1v) is 13.1. The van der Waals surface area contributed by atoms with Crippen LogP contribution in [0.5, 0.6) is 0 Å². The zero-order valence-electron chi connectivity index (χ0n) is 20.6. The Labute approximate surface area is 227 Å². The third-order valence-electron chi connectivity index (χ3n) is 6.21. The summed E-state index contributed by atoms with van der Waals surface area (Å²) in [7, 11) is 3.95. The standard InChI is InChI=1S/C28H23Cl2N3O3S/c1-15-25(16(2)34)26(23-12-11-22(36-23)18-7-10-20(29)21(30)14-18)33-27(35)24(37-28(33)31-15)13-17-5-8-19(9-6-17)32(3)4/h5-14,26H,1-4H3/b24-13+/t26-/m1/s1. The van der Waals surface area contributed by atoms with E-state index >= 15 is 0 Å². The van der Waals surface area contributed by atoms with E-state index in [2.05, 4.69) is 4.99 Å². The predicted octanol–water partition coefficient (Wildman–Crippen LogP) is 5.46. The summed E-state index contributed by atoms with van der Waals surface area (Å²) in [6, 6.07) is 16.0. The molecular weight excluding hydrogens is 529 g/mol. The highest BCUT2D eigenvalue weighted by molar-refractivity contribution is 7.07. The van der Waals surface area contributed by atoms with Crippen LogP contribution >= 0.6 is 34.5 Å². The lowest BCUT2D eigenvalue weighted by Gasteiger charge is -2.22. The van der Waals surface area contributed by atoms with Gasteiger partial charge >= 0.3 is 0 Å². The van der Waals surface area contributed by atoms with E-state index in [4.69, 9.17) is 27.6 Å². The van der Waals surface area contributed by atoms with Crippen LogP contribution in [0.25, 0.3) is 17.4 Å². The Morgan fingerprint density at radius 1 is 1.08 bits per heavy atom. The Balaban J connectivity index is 1.64. The van der Waals surface area contributed by atoms with Crippen molar-refractivity contribution in [1.29, 1.82) is 0 Å². The topological polar surface area (TPSA) is 67.8 Å². The summed E-state index contributed by atoms with van der Waals surface area (Å²) in [6.07, 6.45) is 1.84. The molecule has 9 heteroatoms. The van der Waals surface area contributed by atoms with Crippen molar-refractivity contribution in [3.8, 4) is 11.3 Å². The largest absolute Gasteiger partial charge is 0.458 e. The second kappa shape index (κ2) is 9.82. The Hall–Kier alpha value is -3.39. The van der Waals surface area contributed by atoms with Crippen molar-refractivity contribution in [2.75, 3.05) is 19.0 Å². The first-order chi connectivity index (χ1) is 17.6. The van der Waals surface area contributed by atoms with Gasteiger partial charge in [-0.2, -0.15) is 0 Å². The highest BCUT2D eigenvalue weighted by atomic mass is 35.5. The van der Waals surface area contributed by atoms with E-state index in [1.54, 1.807) is 41.8 Å². The molecule has 0 saturated carbocycles. The number of anilines is 1. The third kappa shape index (κ3) is 4.70. The molecule has 37 heavy (non-hydrogen) atoms. The first-order valence-electron chi connectivity index (χ1n) is 11.5. The van der Waals surface area contributed by atoms with E-state index in [0.29, 0.717) is 42.2 Å². The summed E-state index contributed by atoms with van der Waals surface area (Å²) < 4.78 is 8.28. The van der Waals surface area contributed by atoms with Gasteiger partial charge in [-0.05, 0) is 68.0 Å². The molecule has 0 fully saturated rings. The van der Waals surface area contributed by atoms with E-state index in [-0.39, 0.29) is 11.3 Å². The summed E-state index contributed by atoms with van der Waals surface area (Å²) in [5.74, 6) is 0.838. The molecule has 0 bridgehead atoms. The summed E-state index contributed by atoms with van der Waals surface area (Å²) in [5.41, 5.74) is 3.45. The molecule has 6 nitrogen and oxygen atoms in total. The average molecular weight is 552 g/mol. The number of carbonyl (C=O) groups is 1. The van der Waals surface area contributed by atoms with Gasteiger partial charge in [-0.15, -0.1) is 0 Å². The maximum absolute atomic E-state index is 13.7. The Morgan fingerprint density at radius 2 is 1.81 bits per heavy atom. The Morgan fingerprint density at radius 3 is 2.46 bits per heavy atom. The normalized spacial score (nSPS) is 15.5. The number of fused-ring (bicyclic) bond motifs is 1. The van der Waals surface area contributed by atoms with Crippen molar-refractivity contribution in [3.05, 3.63) is 107 Å². The average Bonchev–Trinajstić information content (AvgIpc) is 3.45. The number of rotatable bonds is 5. The van der Waals surface area contributed by atoms with Gasteiger partial charge < -0.3 is 9.32 Å². The highest BCUT2D eigenvalue weighted by Crippen LogP contribution is 2.35. The van der Waals surface area contributed by atoms with Crippen molar-refractivity contribution < 1.29 is 9.21 Å². The van der Waals surface area contributed by atoms with Crippen LogP contribution in [0.3, 0.4) is 0 Å². The number of aromatic nitrogens is 1. The van der Waals surface area contributed by atoms with E-state index in [0.717, 1.165) is 16.8 Å². The van der Waals surface area contributed by atoms with E-state index < -0.39 is 6.04 Å². The van der Waals surface area contributed by atoms with Crippen LogP contribution in [0.1, 0.15) is 31.2 Å². The first kappa shape index (κ1) is 25.3. The molecule has 0 radical (unpaired) electrons. The van der Waals surface area contributed by atoms with Gasteiger partial charge in [-0.1, -0.05) is 46.7 Å². The molecule has 4 aromatic rings. The van der Waals surface area contributed by atoms with Gasteiger partial charge in [0, 0.05) is 36.6 Å². The van der Waals surface area contributed by atoms with Crippen molar-refractivity contribution >= 4 is 52.1 Å². The zero-order valence-corrected chi connectivity index (χ0v) is 22.9. The maximum atomic E-state index is 13.7. The number of allylic oxidation sites excluding steroid dienone is 2. The molecule has 2 aromatic carbocycles. The lowest BCUT2D eigenvalue weighted by molar-refractivity contribution is -0.114. The summed E-state index contributed by atoms with van der Waals surface area (Å²) >= 11 is 13.5. The van der Waals surface area contributed by atoms with Gasteiger partial charge in [-0.25, -0.2) is 4.99 Å². The molecule has 5 rings (SSSR count). The molecule has 2 aromatic heterocycles. The molecule has 188 valence electrons. The minimum absolute atomic E-state index is 0.174. The fraction of sp³-hybridized carbons (Fsp3) is 0.179. The number of thiazole rings is 1. The molecule has 1 aliphatic rings. The van der Waals surface area contributed by atoms with Crippen LogP contribution in [0.2, 0.25) is 10.0 Å². The SMILES string of the molecule is CC(=O)C1=C(C)N=c2s/c(=C/c3ccc(N(C)C)cc3)c(=O)n2[C@@H]1c1ccc(-c2ccc(Cl)c(Cl)c2)o1. The summed E-state index contributed by atoms with van der Waals surface area (Å²) in [6.45, 7) is 3.26. The van der Waals surface area contributed by atoms with Gasteiger partial charge in [0.25, 0.3) is 5.56 Å². The highest BCUT2D eigenvalue weighted by Gasteiger charge is 2.33. The van der Waals surface area contributed by atoms with E-state index in [9.17, 15) is 9.59 Å². The van der Waals surface area contributed by atoms with E-state index in [1.165, 1.54) is 18.3 Å². The quantitative estimate of drug-likeness (QED) is 0.330. The number of hydrogen-bond acceptors (Lipinski definition) is 6. The smallest absolute Gasteiger partial charge is 0.271 e. The number of nitrogens with zero attached hydrogens (tertiary/aromatic N) is 3. The van der Waals surface area contributed by atoms with Crippen LogP contribution in [0.4, 0.5) is 5.69 Å². The molecule has 1 aliphatic heterocycles. The lowest BCUT2D eigenvalue weighted by Crippen LogP contribution is -2.39. The second-order valence-corrected chi connectivity index (χ2v) is 10.8. The number of furan rings is 1. The Bertz CT molecular complexity index is 1740. The third-order valence-corrected chi connectivity index (χ3v) is 7.93. The monoisotopic (exact) mass is 551 g/mol. The molecule has 3 heterocycles. The van der Waals surface area contributed by atoms with Crippen molar-refractivity contribution in [1.82, 2.24) is 4.57 Å². The number of benzene rings is 2. The lowest BCUT2D eigenvalue weighted by atomic mass is 9.98. The fourth-order valence-electron chi connectivity index (χ4n) is 4.36. The summed E-state index contributed by atoms with van der Waals surface area (Å²) in [5, 5.41) is 0.849. The minimum atomic E-state index is -0.733. The minimum Gasteiger partial charge on any atom is -0.458 e. The molecule has 0 amide bonds. The number of halogens is 2. The van der Waals surface area contributed by atoms with Gasteiger partial charge in [0.1, 0.15) is 17.6 Å². The van der Waals surface area contributed by atoms with Gasteiger partial charge in [-0.3, -0.25) is 14.2 Å². The molecule has 0 unspecified atom stereocenters. The van der Waals surface area contributed by atoms with Crippen LogP contribution in [0.15, 0.2) is 80.1 Å². The van der Waals surface area contributed by atoms with Crippen molar-refractivity contribution in [2.24, 2.45) is 4.99 Å². The molecule has 1 atom stereocenters. The van der Waals surface area contributed by atoms with Gasteiger partial charge in [0.2, 0.25) is 0 Å². The maximum Gasteiger partial charge on any atom is 0.271 e.